The van der Waals surface area contributed by atoms with Gasteiger partial charge in [0.2, 0.25) is 0 Å². The summed E-state index contributed by atoms with van der Waals surface area (Å²) in [5, 5.41) is 13.5. The van der Waals surface area contributed by atoms with Crippen LogP contribution in [0.3, 0.4) is 0 Å². The molecule has 2 heterocycles. The molecule has 0 amide bonds. The molecule has 0 fully saturated rings. The van der Waals surface area contributed by atoms with Crippen LogP contribution in [0.4, 0.5) is 0 Å². The van der Waals surface area contributed by atoms with Gasteiger partial charge in [-0.3, -0.25) is 4.57 Å². The van der Waals surface area contributed by atoms with Crippen molar-refractivity contribution in [2.45, 2.75) is 38.5 Å². The van der Waals surface area contributed by atoms with Gasteiger partial charge in [-0.05, 0) is 12.8 Å². The summed E-state index contributed by atoms with van der Waals surface area (Å²) in [7, 11) is 0. The third-order valence-corrected chi connectivity index (χ3v) is 2.95. The molecule has 1 unspecified atom stereocenters. The molecule has 0 aliphatic carbocycles. The highest BCUT2D eigenvalue weighted by Gasteiger charge is 2.17. The molecular formula is C9H14ClN3O2. The lowest BCUT2D eigenvalue weighted by molar-refractivity contribution is 0.169. The number of aromatic nitrogens is 3. The molecule has 2 rings (SSSR count). The quantitative estimate of drug-likeness (QED) is 0.744. The highest BCUT2D eigenvalue weighted by Crippen LogP contribution is 2.09. The molecule has 0 saturated heterocycles. The third kappa shape index (κ3) is 2.08. The van der Waals surface area contributed by atoms with Crippen LogP contribution in [0.25, 0.3) is 0 Å². The summed E-state index contributed by atoms with van der Waals surface area (Å²) < 4.78 is 3.00. The van der Waals surface area contributed by atoms with Gasteiger partial charge in [-0.2, -0.15) is 5.10 Å². The number of alkyl halides is 1. The molecular weight excluding hydrogens is 218 g/mol. The van der Waals surface area contributed by atoms with Gasteiger partial charge in [-0.1, -0.05) is 0 Å². The van der Waals surface area contributed by atoms with E-state index >= 15 is 0 Å². The van der Waals surface area contributed by atoms with Gasteiger partial charge in [0.25, 0.3) is 0 Å². The van der Waals surface area contributed by atoms with E-state index in [1.54, 1.807) is 4.57 Å². The molecule has 84 valence electrons. The molecule has 0 saturated carbocycles. The van der Waals surface area contributed by atoms with Crippen LogP contribution in [-0.2, 0) is 19.5 Å². The van der Waals surface area contributed by atoms with E-state index in [1.165, 1.54) is 4.68 Å². The van der Waals surface area contributed by atoms with Crippen LogP contribution in [-0.4, -0.2) is 31.4 Å². The second-order valence-electron chi connectivity index (χ2n) is 3.80. The number of rotatable bonds is 3. The summed E-state index contributed by atoms with van der Waals surface area (Å²) in [5.41, 5.74) is -0.131. The molecule has 1 N–H and O–H groups in total. The molecule has 1 atom stereocenters. The molecule has 1 aromatic heterocycles. The first-order valence-electron chi connectivity index (χ1n) is 5.13. The van der Waals surface area contributed by atoms with Gasteiger partial charge in [-0.25, -0.2) is 9.48 Å². The Hall–Kier alpha value is -0.810. The molecule has 1 aromatic rings. The van der Waals surface area contributed by atoms with Crippen molar-refractivity contribution in [3.05, 3.63) is 16.3 Å². The summed E-state index contributed by atoms with van der Waals surface area (Å²) in [6.45, 7) is 0.924. The lowest BCUT2D eigenvalue weighted by atomic mass is 10.2. The van der Waals surface area contributed by atoms with Crippen molar-refractivity contribution in [1.29, 1.82) is 0 Å². The lowest BCUT2D eigenvalue weighted by Crippen LogP contribution is -2.30. The molecule has 15 heavy (non-hydrogen) atoms. The minimum Gasteiger partial charge on any atom is -0.390 e. The minimum absolute atomic E-state index is 0.120. The van der Waals surface area contributed by atoms with E-state index in [0.29, 0.717) is 0 Å². The zero-order valence-electron chi connectivity index (χ0n) is 8.40. The van der Waals surface area contributed by atoms with Crippen molar-refractivity contribution in [3.8, 4) is 0 Å². The van der Waals surface area contributed by atoms with Crippen molar-refractivity contribution in [3.63, 3.8) is 0 Å². The van der Waals surface area contributed by atoms with Crippen LogP contribution in [0.2, 0.25) is 0 Å². The van der Waals surface area contributed by atoms with Gasteiger partial charge < -0.3 is 5.11 Å². The predicted octanol–water partition coefficient (Wildman–Crippen LogP) is -0.0192. The standard InChI is InChI=1S/C9H14ClN3O2/c10-5-7(14)6-13-9(15)12-4-2-1-3-8(12)11-13/h7,14H,1-6H2. The van der Waals surface area contributed by atoms with Crippen LogP contribution in [0.15, 0.2) is 4.79 Å². The number of nitrogens with zero attached hydrogens (tertiary/aromatic N) is 3. The van der Waals surface area contributed by atoms with E-state index in [9.17, 15) is 9.90 Å². The van der Waals surface area contributed by atoms with E-state index in [1.807, 2.05) is 0 Å². The molecule has 0 aromatic carbocycles. The second-order valence-corrected chi connectivity index (χ2v) is 4.11. The van der Waals surface area contributed by atoms with Crippen LogP contribution in [0.1, 0.15) is 18.7 Å². The number of fused-ring (bicyclic) bond motifs is 1. The van der Waals surface area contributed by atoms with Gasteiger partial charge in [0, 0.05) is 13.0 Å². The van der Waals surface area contributed by atoms with E-state index in [4.69, 9.17) is 11.6 Å². The summed E-state index contributed by atoms with van der Waals surface area (Å²) in [6.07, 6.45) is 2.24. The maximum absolute atomic E-state index is 11.8. The molecule has 5 nitrogen and oxygen atoms in total. The second kappa shape index (κ2) is 4.37. The van der Waals surface area contributed by atoms with Gasteiger partial charge in [0.15, 0.2) is 0 Å². The first-order valence-corrected chi connectivity index (χ1v) is 5.66. The number of halogens is 1. The van der Waals surface area contributed by atoms with Crippen LogP contribution >= 0.6 is 11.6 Å². The lowest BCUT2D eigenvalue weighted by Gasteiger charge is -2.09. The van der Waals surface area contributed by atoms with Crippen LogP contribution in [0, 0.1) is 0 Å². The highest BCUT2D eigenvalue weighted by molar-refractivity contribution is 6.18. The van der Waals surface area contributed by atoms with E-state index < -0.39 is 6.10 Å². The summed E-state index contributed by atoms with van der Waals surface area (Å²) in [5.74, 6) is 0.947. The Morgan fingerprint density at radius 1 is 1.53 bits per heavy atom. The SMILES string of the molecule is O=c1n(CC(O)CCl)nc2n1CCCC2. The fourth-order valence-corrected chi connectivity index (χ4v) is 1.91. The van der Waals surface area contributed by atoms with Crippen LogP contribution < -0.4 is 5.69 Å². The number of hydrogen-bond donors (Lipinski definition) is 1. The van der Waals surface area contributed by atoms with Crippen molar-refractivity contribution >= 4 is 11.6 Å². The van der Waals surface area contributed by atoms with Gasteiger partial charge in [0.05, 0.1) is 18.5 Å². The van der Waals surface area contributed by atoms with Gasteiger partial charge in [-0.15, -0.1) is 11.6 Å². The Balaban J connectivity index is 2.25. The zero-order valence-corrected chi connectivity index (χ0v) is 9.15. The fourth-order valence-electron chi connectivity index (χ4n) is 1.82. The van der Waals surface area contributed by atoms with E-state index in [2.05, 4.69) is 5.10 Å². The first-order chi connectivity index (χ1) is 7.22. The van der Waals surface area contributed by atoms with Gasteiger partial charge >= 0.3 is 5.69 Å². The Morgan fingerprint density at radius 3 is 3.00 bits per heavy atom. The van der Waals surface area contributed by atoms with Crippen LogP contribution in [0.5, 0.6) is 0 Å². The smallest absolute Gasteiger partial charge is 0.346 e. The first kappa shape index (κ1) is 10.7. The third-order valence-electron chi connectivity index (χ3n) is 2.59. The Bertz CT molecular complexity index is 399. The molecule has 1 aliphatic heterocycles. The molecule has 0 radical (unpaired) electrons. The van der Waals surface area contributed by atoms with Crippen molar-refractivity contribution < 1.29 is 5.11 Å². The maximum atomic E-state index is 11.8. The molecule has 0 bridgehead atoms. The average molecular weight is 232 g/mol. The molecule has 1 aliphatic rings. The highest BCUT2D eigenvalue weighted by atomic mass is 35.5. The minimum atomic E-state index is -0.707. The number of hydrogen-bond acceptors (Lipinski definition) is 3. The van der Waals surface area contributed by atoms with Crippen molar-refractivity contribution in [2.75, 3.05) is 5.88 Å². The molecule has 0 spiro atoms. The fraction of sp³-hybridized carbons (Fsp3) is 0.778. The van der Waals surface area contributed by atoms with Crippen molar-refractivity contribution in [1.82, 2.24) is 14.3 Å². The summed E-state index contributed by atoms with van der Waals surface area (Å²) in [6, 6.07) is 0. The van der Waals surface area contributed by atoms with E-state index in [0.717, 1.165) is 31.6 Å². The topological polar surface area (TPSA) is 60.1 Å². The normalized spacial score (nSPS) is 17.5. The number of aryl methyl sites for hydroxylation is 1. The summed E-state index contributed by atoms with van der Waals surface area (Å²) >= 11 is 5.48. The predicted molar refractivity (Wildman–Crippen MR) is 56.2 cm³/mol. The maximum Gasteiger partial charge on any atom is 0.346 e. The Kier molecular flexibility index (Phi) is 3.11. The van der Waals surface area contributed by atoms with Gasteiger partial charge in [0.1, 0.15) is 5.82 Å². The van der Waals surface area contributed by atoms with E-state index in [-0.39, 0.29) is 18.1 Å². The zero-order chi connectivity index (χ0) is 10.8. The largest absolute Gasteiger partial charge is 0.390 e. The Labute approximate surface area is 92.3 Å². The number of aliphatic hydroxyl groups excluding tert-OH is 1. The average Bonchev–Trinajstić information content (AvgIpc) is 2.57. The molecule has 6 heteroatoms. The van der Waals surface area contributed by atoms with Crippen molar-refractivity contribution in [2.24, 2.45) is 0 Å². The summed E-state index contributed by atoms with van der Waals surface area (Å²) in [4.78, 5) is 11.8. The monoisotopic (exact) mass is 231 g/mol. The number of aliphatic hydroxyl groups is 1. The Morgan fingerprint density at radius 2 is 2.33 bits per heavy atom.